The zero-order valence-electron chi connectivity index (χ0n) is 6.25. The van der Waals surface area contributed by atoms with Crippen LogP contribution in [0.2, 0.25) is 0 Å². The second-order valence-electron chi connectivity index (χ2n) is 2.92. The Hall–Kier alpha value is -0.470. The molecule has 0 aliphatic heterocycles. The van der Waals surface area contributed by atoms with Crippen LogP contribution in [-0.2, 0) is 6.42 Å². The molecule has 0 amide bonds. The van der Waals surface area contributed by atoms with E-state index in [1.807, 2.05) is 18.2 Å². The van der Waals surface area contributed by atoms with Gasteiger partial charge in [0, 0.05) is 12.0 Å². The monoisotopic (exact) mass is 198 g/mol. The Morgan fingerprint density at radius 1 is 1.42 bits per heavy atom. The fourth-order valence-electron chi connectivity index (χ4n) is 1.43. The first-order valence-electron chi connectivity index (χ1n) is 3.65. The van der Waals surface area contributed by atoms with Crippen LogP contribution in [0.5, 0.6) is 0 Å². The molecule has 0 radical (unpaired) electrons. The lowest BCUT2D eigenvalue weighted by atomic mass is 10.1. The van der Waals surface area contributed by atoms with Crippen LogP contribution >= 0.6 is 24.2 Å². The Morgan fingerprint density at radius 3 is 2.75 bits per heavy atom. The molecule has 0 spiro atoms. The van der Waals surface area contributed by atoms with Crippen molar-refractivity contribution in [2.45, 2.75) is 10.6 Å². The third kappa shape index (κ3) is 1.06. The Balaban J connectivity index is 2.57. The third-order valence-electron chi connectivity index (χ3n) is 2.03. The number of benzene rings is 1. The van der Waals surface area contributed by atoms with Gasteiger partial charge in [-0.25, -0.2) is 0 Å². The highest BCUT2D eigenvalue weighted by Gasteiger charge is 2.40. The van der Waals surface area contributed by atoms with Crippen molar-refractivity contribution in [3.63, 3.8) is 0 Å². The summed E-state index contributed by atoms with van der Waals surface area (Å²) in [7, 11) is 0. The summed E-state index contributed by atoms with van der Waals surface area (Å²) in [5, 5.41) is 0. The summed E-state index contributed by atoms with van der Waals surface area (Å²) in [6.45, 7) is 0. The average Bonchev–Trinajstić information content (AvgIpc) is 2.24. The minimum atomic E-state index is -1.01. The van der Waals surface area contributed by atoms with Crippen LogP contribution in [0.4, 0.5) is 0 Å². The fraction of sp³-hybridized carbons (Fsp3) is 0.222. The minimum Gasteiger partial charge on any atom is -0.291 e. The summed E-state index contributed by atoms with van der Waals surface area (Å²) in [6, 6.07) is 7.44. The highest BCUT2D eigenvalue weighted by molar-refractivity contribution is 7.84. The van der Waals surface area contributed by atoms with Crippen LogP contribution in [-0.4, -0.2) is 9.99 Å². The van der Waals surface area contributed by atoms with Gasteiger partial charge in [0.05, 0.1) is 0 Å². The Bertz CT molecular complexity index is 346. The molecule has 12 heavy (non-hydrogen) atoms. The third-order valence-corrected chi connectivity index (χ3v) is 2.70. The van der Waals surface area contributed by atoms with Gasteiger partial charge in [0.1, 0.15) is 0 Å². The topological polar surface area (TPSA) is 17.1 Å². The van der Waals surface area contributed by atoms with Gasteiger partial charge in [-0.1, -0.05) is 35.9 Å². The molecule has 1 aromatic carbocycles. The van der Waals surface area contributed by atoms with E-state index in [0.29, 0.717) is 12.0 Å². The van der Waals surface area contributed by atoms with Gasteiger partial charge in [0.25, 0.3) is 0 Å². The van der Waals surface area contributed by atoms with Gasteiger partial charge in [-0.05, 0) is 5.56 Å². The number of ketones is 1. The summed E-state index contributed by atoms with van der Waals surface area (Å²) >= 11 is 10.0. The number of halogens is 1. The summed E-state index contributed by atoms with van der Waals surface area (Å²) in [4.78, 5) is 11.5. The van der Waals surface area contributed by atoms with Gasteiger partial charge >= 0.3 is 0 Å². The first kappa shape index (κ1) is 8.14. The van der Waals surface area contributed by atoms with Crippen LogP contribution < -0.4 is 0 Å². The molecule has 0 heterocycles. The van der Waals surface area contributed by atoms with E-state index >= 15 is 0 Å². The maximum atomic E-state index is 11.5. The number of hydrogen-bond donors (Lipinski definition) is 1. The number of carbonyl (C=O) groups excluding carboxylic acids is 1. The molecule has 3 heteroatoms. The molecule has 1 unspecified atom stereocenters. The number of alkyl halides is 1. The quantitative estimate of drug-likeness (QED) is 0.500. The van der Waals surface area contributed by atoms with E-state index < -0.39 is 4.21 Å². The molecule has 0 saturated carbocycles. The van der Waals surface area contributed by atoms with Crippen molar-refractivity contribution in [1.82, 2.24) is 0 Å². The summed E-state index contributed by atoms with van der Waals surface area (Å²) in [6.07, 6.45) is 0.521. The Morgan fingerprint density at radius 2 is 2.08 bits per heavy atom. The predicted octanol–water partition coefficient (Wildman–Crippen LogP) is 2.29. The van der Waals surface area contributed by atoms with Crippen LogP contribution in [0, 0.1) is 0 Å². The fourth-order valence-corrected chi connectivity index (χ4v) is 1.97. The standard InChI is InChI=1S/C9H7ClOS/c10-9(12)5-6-3-1-2-4-7(6)8(9)11/h1-4,12H,5H2. The van der Waals surface area contributed by atoms with Crippen molar-refractivity contribution in [2.75, 3.05) is 0 Å². The van der Waals surface area contributed by atoms with Crippen molar-refractivity contribution in [1.29, 1.82) is 0 Å². The summed E-state index contributed by atoms with van der Waals surface area (Å²) in [5.41, 5.74) is 1.70. The van der Waals surface area contributed by atoms with Crippen molar-refractivity contribution in [3.8, 4) is 0 Å². The summed E-state index contributed by atoms with van der Waals surface area (Å²) in [5.74, 6) is -0.0805. The van der Waals surface area contributed by atoms with Crippen LogP contribution in [0.3, 0.4) is 0 Å². The van der Waals surface area contributed by atoms with Crippen LogP contribution in [0.25, 0.3) is 0 Å². The van der Waals surface area contributed by atoms with Crippen molar-refractivity contribution >= 4 is 30.0 Å². The minimum absolute atomic E-state index is 0.0805. The van der Waals surface area contributed by atoms with E-state index in [1.54, 1.807) is 6.07 Å². The molecule has 1 aliphatic carbocycles. The van der Waals surface area contributed by atoms with Gasteiger partial charge in [-0.15, -0.1) is 12.6 Å². The molecular formula is C9H7ClOS. The van der Waals surface area contributed by atoms with Gasteiger partial charge in [-0.2, -0.15) is 0 Å². The first-order chi connectivity index (χ1) is 5.61. The average molecular weight is 199 g/mol. The van der Waals surface area contributed by atoms with E-state index in [4.69, 9.17) is 11.6 Å². The SMILES string of the molecule is O=C1c2ccccc2CC1(S)Cl. The Labute approximate surface area is 81.1 Å². The number of Topliss-reactive ketones (excluding diaryl/α,β-unsaturated/α-hetero) is 1. The number of carbonyl (C=O) groups is 1. The van der Waals surface area contributed by atoms with E-state index in [0.717, 1.165) is 5.56 Å². The van der Waals surface area contributed by atoms with Gasteiger partial charge in [-0.3, -0.25) is 4.79 Å². The van der Waals surface area contributed by atoms with Gasteiger partial charge in [0.2, 0.25) is 0 Å². The smallest absolute Gasteiger partial charge is 0.194 e. The van der Waals surface area contributed by atoms with E-state index in [1.165, 1.54) is 0 Å². The first-order valence-corrected chi connectivity index (χ1v) is 4.48. The number of hydrogen-bond acceptors (Lipinski definition) is 2. The molecule has 0 saturated heterocycles. The zero-order chi connectivity index (χ0) is 8.77. The maximum absolute atomic E-state index is 11.5. The zero-order valence-corrected chi connectivity index (χ0v) is 7.90. The van der Waals surface area contributed by atoms with Crippen LogP contribution in [0.15, 0.2) is 24.3 Å². The van der Waals surface area contributed by atoms with Crippen molar-refractivity contribution in [2.24, 2.45) is 0 Å². The molecule has 1 atom stereocenters. The molecule has 0 bridgehead atoms. The highest BCUT2D eigenvalue weighted by Crippen LogP contribution is 2.37. The molecule has 1 aliphatic rings. The normalized spacial score (nSPS) is 27.3. The molecule has 0 aromatic heterocycles. The molecule has 62 valence electrons. The van der Waals surface area contributed by atoms with E-state index in [9.17, 15) is 4.79 Å². The highest BCUT2D eigenvalue weighted by atomic mass is 35.5. The van der Waals surface area contributed by atoms with Gasteiger partial charge in [0.15, 0.2) is 9.99 Å². The maximum Gasteiger partial charge on any atom is 0.194 e. The molecular weight excluding hydrogens is 192 g/mol. The molecule has 0 fully saturated rings. The molecule has 0 N–H and O–H groups in total. The molecule has 1 aromatic rings. The van der Waals surface area contributed by atoms with Crippen molar-refractivity contribution < 1.29 is 4.79 Å². The number of fused-ring (bicyclic) bond motifs is 1. The summed E-state index contributed by atoms with van der Waals surface area (Å²) < 4.78 is -1.01. The second kappa shape index (κ2) is 2.51. The van der Waals surface area contributed by atoms with E-state index in [-0.39, 0.29) is 5.78 Å². The Kier molecular flexibility index (Phi) is 1.70. The number of thiol groups is 1. The number of rotatable bonds is 0. The predicted molar refractivity (Wildman–Crippen MR) is 52.0 cm³/mol. The largest absolute Gasteiger partial charge is 0.291 e. The van der Waals surface area contributed by atoms with Crippen molar-refractivity contribution in [3.05, 3.63) is 35.4 Å². The molecule has 1 nitrogen and oxygen atoms in total. The van der Waals surface area contributed by atoms with Crippen LogP contribution in [0.1, 0.15) is 15.9 Å². The van der Waals surface area contributed by atoms with Gasteiger partial charge < -0.3 is 0 Å². The lowest BCUT2D eigenvalue weighted by Crippen LogP contribution is -2.20. The lowest BCUT2D eigenvalue weighted by molar-refractivity contribution is 0.0988. The van der Waals surface area contributed by atoms with E-state index in [2.05, 4.69) is 12.6 Å². The lowest BCUT2D eigenvalue weighted by Gasteiger charge is -2.08. The molecule has 2 rings (SSSR count). The second-order valence-corrected chi connectivity index (χ2v) is 4.59.